The van der Waals surface area contributed by atoms with Gasteiger partial charge in [0.1, 0.15) is 16.3 Å². The number of nitrogens with zero attached hydrogens (tertiary/aromatic N) is 7. The molecule has 0 aliphatic carbocycles. The fraction of sp³-hybridized carbons (Fsp3) is 0. The van der Waals surface area contributed by atoms with Crippen molar-refractivity contribution >= 4 is 76.4 Å². The van der Waals surface area contributed by atoms with E-state index in [-0.39, 0.29) is 0 Å². The summed E-state index contributed by atoms with van der Waals surface area (Å²) in [5.41, 5.74) is 11.2. The minimum atomic E-state index is 0.658. The standard InChI is InChI=1S/C35H19N9S2/c1-2-9-21-20(8-1)37-17-25(38-21)30-29-23(39-32(30)19-7-5-13-27-31(19)43-44-46-27)15-14-18(33-40-24-11-6-16-36-34(24)42-33)28(29)35-41-22-10-3-4-12-26(22)45-35/h1-17,39H,(H,36,40,42). The van der Waals surface area contributed by atoms with Gasteiger partial charge >= 0.3 is 0 Å². The van der Waals surface area contributed by atoms with E-state index in [0.29, 0.717) is 11.5 Å². The van der Waals surface area contributed by atoms with Gasteiger partial charge in [-0.3, -0.25) is 4.98 Å². The van der Waals surface area contributed by atoms with E-state index < -0.39 is 0 Å². The van der Waals surface area contributed by atoms with Crippen LogP contribution in [0.15, 0.2) is 103 Å². The fourth-order valence-corrected chi connectivity index (χ4v) is 7.82. The molecule has 0 unspecified atom stereocenters. The Kier molecular flexibility index (Phi) is 5.41. The Bertz CT molecular complexity index is 2720. The molecule has 0 atom stereocenters. The van der Waals surface area contributed by atoms with E-state index >= 15 is 0 Å². The highest BCUT2D eigenvalue weighted by atomic mass is 32.1. The number of pyridine rings is 1. The summed E-state index contributed by atoms with van der Waals surface area (Å²) in [4.78, 5) is 31.9. The monoisotopic (exact) mass is 629 g/mol. The molecule has 0 aliphatic heterocycles. The smallest absolute Gasteiger partial charge is 0.178 e. The zero-order valence-corrected chi connectivity index (χ0v) is 25.4. The normalized spacial score (nSPS) is 11.9. The van der Waals surface area contributed by atoms with Crippen LogP contribution < -0.4 is 0 Å². The average Bonchev–Trinajstić information content (AvgIpc) is 3.91. The zero-order chi connectivity index (χ0) is 30.2. The molecule has 0 spiro atoms. The van der Waals surface area contributed by atoms with Gasteiger partial charge in [0.05, 0.1) is 49.1 Å². The molecule has 0 radical (unpaired) electrons. The van der Waals surface area contributed by atoms with Crippen LogP contribution in [0.25, 0.3) is 98.0 Å². The number of hydrogen-bond acceptors (Lipinski definition) is 9. The SMILES string of the molecule is c1ccc2nc(-c3c(-c4cccc5snnc45)[nH]c4ccc(-c5nc6ncccc6[nH]5)c(-c5nc6ccccc6s5)c34)cnc2c1. The third-order valence-electron chi connectivity index (χ3n) is 8.24. The van der Waals surface area contributed by atoms with E-state index in [4.69, 9.17) is 19.9 Å². The number of para-hydroxylation sites is 3. The summed E-state index contributed by atoms with van der Waals surface area (Å²) in [6, 6.07) is 30.4. The third kappa shape index (κ3) is 3.82. The van der Waals surface area contributed by atoms with Crippen molar-refractivity contribution < 1.29 is 0 Å². The lowest BCUT2D eigenvalue weighted by Gasteiger charge is -2.11. The average molecular weight is 630 g/mol. The van der Waals surface area contributed by atoms with Gasteiger partial charge in [0, 0.05) is 39.4 Å². The predicted octanol–water partition coefficient (Wildman–Crippen LogP) is 8.66. The van der Waals surface area contributed by atoms with Gasteiger partial charge in [0.2, 0.25) is 0 Å². The first-order chi connectivity index (χ1) is 22.8. The molecule has 9 nitrogen and oxygen atoms in total. The van der Waals surface area contributed by atoms with Gasteiger partial charge < -0.3 is 9.97 Å². The van der Waals surface area contributed by atoms with Crippen LogP contribution in [0, 0.1) is 0 Å². The molecule has 0 saturated heterocycles. The van der Waals surface area contributed by atoms with Crippen molar-refractivity contribution in [2.24, 2.45) is 0 Å². The highest BCUT2D eigenvalue weighted by Crippen LogP contribution is 2.48. The summed E-state index contributed by atoms with van der Waals surface area (Å²) in [5, 5.41) is 6.38. The minimum Gasteiger partial charge on any atom is -0.354 e. The molecule has 2 N–H and O–H groups in total. The lowest BCUT2D eigenvalue weighted by molar-refractivity contribution is 1.20. The van der Waals surface area contributed by atoms with Crippen molar-refractivity contribution in [2.45, 2.75) is 0 Å². The number of aromatic amines is 2. The Morgan fingerprint density at radius 2 is 1.48 bits per heavy atom. The Morgan fingerprint density at radius 1 is 0.609 bits per heavy atom. The predicted molar refractivity (Wildman–Crippen MR) is 185 cm³/mol. The molecule has 46 heavy (non-hydrogen) atoms. The van der Waals surface area contributed by atoms with Gasteiger partial charge in [0.15, 0.2) is 5.65 Å². The summed E-state index contributed by atoms with van der Waals surface area (Å²) < 4.78 is 6.38. The summed E-state index contributed by atoms with van der Waals surface area (Å²) in [7, 11) is 0. The maximum Gasteiger partial charge on any atom is 0.178 e. The molecule has 0 amide bonds. The van der Waals surface area contributed by atoms with E-state index in [2.05, 4.69) is 54.9 Å². The van der Waals surface area contributed by atoms with Crippen LogP contribution in [0.2, 0.25) is 0 Å². The Morgan fingerprint density at radius 3 is 2.39 bits per heavy atom. The van der Waals surface area contributed by atoms with Crippen LogP contribution in [-0.2, 0) is 0 Å². The van der Waals surface area contributed by atoms with Crippen LogP contribution in [0.1, 0.15) is 0 Å². The molecule has 11 heteroatoms. The molecule has 10 aromatic rings. The molecule has 4 aromatic carbocycles. The first kappa shape index (κ1) is 25.4. The topological polar surface area (TPSA) is 122 Å². The van der Waals surface area contributed by atoms with Gasteiger partial charge in [-0.25, -0.2) is 19.9 Å². The molecule has 0 fully saturated rings. The third-order valence-corrected chi connectivity index (χ3v) is 9.98. The van der Waals surface area contributed by atoms with Gasteiger partial charge in [-0.15, -0.1) is 16.4 Å². The van der Waals surface area contributed by atoms with Gasteiger partial charge in [-0.1, -0.05) is 40.9 Å². The van der Waals surface area contributed by atoms with Crippen molar-refractivity contribution in [1.82, 2.24) is 44.5 Å². The lowest BCUT2D eigenvalue weighted by Crippen LogP contribution is -1.93. The molecule has 216 valence electrons. The molecule has 6 aromatic heterocycles. The Labute approximate surface area is 267 Å². The number of aromatic nitrogens is 9. The number of benzene rings is 4. The molecular weight excluding hydrogens is 611 g/mol. The summed E-state index contributed by atoms with van der Waals surface area (Å²) in [6.45, 7) is 0. The second-order valence-electron chi connectivity index (χ2n) is 10.9. The highest BCUT2D eigenvalue weighted by Gasteiger charge is 2.26. The summed E-state index contributed by atoms with van der Waals surface area (Å²) in [5.74, 6) is 0.717. The Balaban J connectivity index is 1.37. The molecule has 0 aliphatic rings. The van der Waals surface area contributed by atoms with Crippen molar-refractivity contribution in [2.75, 3.05) is 0 Å². The quantitative estimate of drug-likeness (QED) is 0.200. The van der Waals surface area contributed by atoms with Gasteiger partial charge in [-0.05, 0) is 66.1 Å². The van der Waals surface area contributed by atoms with E-state index in [1.165, 1.54) is 11.5 Å². The van der Waals surface area contributed by atoms with Crippen LogP contribution in [-0.4, -0.2) is 44.5 Å². The van der Waals surface area contributed by atoms with E-state index in [1.807, 2.05) is 66.9 Å². The second-order valence-corrected chi connectivity index (χ2v) is 12.7. The van der Waals surface area contributed by atoms with Crippen LogP contribution in [0.3, 0.4) is 0 Å². The fourth-order valence-electron chi connectivity index (χ4n) is 6.20. The van der Waals surface area contributed by atoms with Crippen LogP contribution in [0.4, 0.5) is 0 Å². The number of nitrogens with one attached hydrogen (secondary N) is 2. The first-order valence-corrected chi connectivity index (χ1v) is 16.2. The lowest BCUT2D eigenvalue weighted by atomic mass is 9.95. The zero-order valence-electron chi connectivity index (χ0n) is 23.8. The minimum absolute atomic E-state index is 0.658. The molecule has 0 saturated carbocycles. The van der Waals surface area contributed by atoms with E-state index in [1.54, 1.807) is 17.5 Å². The van der Waals surface area contributed by atoms with Crippen LogP contribution >= 0.6 is 22.9 Å². The summed E-state index contributed by atoms with van der Waals surface area (Å²) >= 11 is 3.04. The van der Waals surface area contributed by atoms with Crippen LogP contribution in [0.5, 0.6) is 0 Å². The van der Waals surface area contributed by atoms with E-state index in [0.717, 1.165) is 86.5 Å². The molecule has 10 rings (SSSR count). The van der Waals surface area contributed by atoms with Crippen molar-refractivity contribution in [3.63, 3.8) is 0 Å². The number of rotatable bonds is 4. The number of hydrogen-bond donors (Lipinski definition) is 2. The van der Waals surface area contributed by atoms with Gasteiger partial charge in [-0.2, -0.15) is 0 Å². The maximum absolute atomic E-state index is 5.17. The Hall–Kier alpha value is -5.91. The second kappa shape index (κ2) is 9.80. The number of H-pyrrole nitrogens is 2. The summed E-state index contributed by atoms with van der Waals surface area (Å²) in [6.07, 6.45) is 3.61. The van der Waals surface area contributed by atoms with Gasteiger partial charge in [0.25, 0.3) is 0 Å². The van der Waals surface area contributed by atoms with E-state index in [9.17, 15) is 0 Å². The van der Waals surface area contributed by atoms with Crippen molar-refractivity contribution in [3.05, 3.63) is 103 Å². The van der Waals surface area contributed by atoms with Crippen molar-refractivity contribution in [1.29, 1.82) is 0 Å². The number of imidazole rings is 1. The molecule has 0 bridgehead atoms. The molecule has 6 heterocycles. The molecular formula is C35H19N9S2. The number of fused-ring (bicyclic) bond motifs is 5. The maximum atomic E-state index is 5.17. The highest BCUT2D eigenvalue weighted by molar-refractivity contribution is 7.21. The first-order valence-electron chi connectivity index (χ1n) is 14.6. The van der Waals surface area contributed by atoms with Crippen molar-refractivity contribution in [3.8, 4) is 44.5 Å². The largest absolute Gasteiger partial charge is 0.354 e. The number of thiazole rings is 1.